The van der Waals surface area contributed by atoms with Gasteiger partial charge in [-0.3, -0.25) is 10.1 Å². The molecule has 134 valence electrons. The quantitative estimate of drug-likeness (QED) is 0.671. The molecular formula is C20H20N2O3S. The zero-order chi connectivity index (χ0) is 18.4. The molecule has 3 rings (SSSR count). The Labute approximate surface area is 156 Å². The Bertz CT molecular complexity index is 858. The Morgan fingerprint density at radius 2 is 1.77 bits per heavy atom. The van der Waals surface area contributed by atoms with Crippen molar-refractivity contribution in [2.75, 3.05) is 19.0 Å². The number of amides is 1. The number of nitrogens with one attached hydrogen (secondary N) is 1. The summed E-state index contributed by atoms with van der Waals surface area (Å²) in [6.45, 7) is 2.05. The zero-order valence-electron chi connectivity index (χ0n) is 14.7. The van der Waals surface area contributed by atoms with Gasteiger partial charge in [0.15, 0.2) is 11.7 Å². The molecule has 1 aromatic heterocycles. The Morgan fingerprint density at radius 3 is 2.42 bits per heavy atom. The van der Waals surface area contributed by atoms with Crippen molar-refractivity contribution in [3.8, 4) is 22.8 Å². The van der Waals surface area contributed by atoms with Crippen LogP contribution in [0.1, 0.15) is 12.5 Å². The molecule has 3 aromatic rings. The Balaban J connectivity index is 1.55. The number of nitrogens with zero attached hydrogens (tertiary/aromatic N) is 1. The molecule has 0 saturated heterocycles. The van der Waals surface area contributed by atoms with Crippen LogP contribution in [0.5, 0.6) is 11.5 Å². The minimum atomic E-state index is -0.247. The average Bonchev–Trinajstić information content (AvgIpc) is 3.15. The first-order valence-electron chi connectivity index (χ1n) is 8.29. The van der Waals surface area contributed by atoms with E-state index in [4.69, 9.17) is 9.47 Å². The molecule has 1 amide bonds. The molecule has 26 heavy (non-hydrogen) atoms. The third kappa shape index (κ3) is 4.61. The van der Waals surface area contributed by atoms with Crippen LogP contribution in [0.4, 0.5) is 5.13 Å². The van der Waals surface area contributed by atoms with Gasteiger partial charge in [-0.15, -0.1) is 11.3 Å². The lowest BCUT2D eigenvalue weighted by Gasteiger charge is -2.06. The number of carbonyl (C=O) groups is 1. The maximum absolute atomic E-state index is 12.0. The van der Waals surface area contributed by atoms with E-state index in [-0.39, 0.29) is 12.5 Å². The van der Waals surface area contributed by atoms with Crippen LogP contribution < -0.4 is 14.8 Å². The minimum absolute atomic E-state index is 0.0769. The monoisotopic (exact) mass is 368 g/mol. The van der Waals surface area contributed by atoms with Crippen molar-refractivity contribution in [1.82, 2.24) is 4.98 Å². The number of carbonyl (C=O) groups excluding carboxylic acids is 1. The van der Waals surface area contributed by atoms with Gasteiger partial charge in [0.2, 0.25) is 0 Å². The largest absolute Gasteiger partial charge is 0.497 e. The van der Waals surface area contributed by atoms with E-state index in [1.54, 1.807) is 31.4 Å². The van der Waals surface area contributed by atoms with Gasteiger partial charge in [-0.1, -0.05) is 31.2 Å². The fourth-order valence-electron chi connectivity index (χ4n) is 2.35. The maximum Gasteiger partial charge on any atom is 0.264 e. The zero-order valence-corrected chi connectivity index (χ0v) is 15.5. The second-order valence-electron chi connectivity index (χ2n) is 5.60. The summed E-state index contributed by atoms with van der Waals surface area (Å²) < 4.78 is 10.5. The molecular weight excluding hydrogens is 348 g/mol. The summed E-state index contributed by atoms with van der Waals surface area (Å²) in [5, 5.41) is 5.26. The highest BCUT2D eigenvalue weighted by Gasteiger charge is 2.09. The highest BCUT2D eigenvalue weighted by Crippen LogP contribution is 2.25. The standard InChI is InChI=1S/C20H20N2O3S/c1-3-14-4-6-15(7-5-14)18-13-26-20(21-18)22-19(23)12-25-17-10-8-16(24-2)9-11-17/h4-11,13H,3,12H2,1-2H3,(H,21,22,23). The lowest BCUT2D eigenvalue weighted by Crippen LogP contribution is -2.20. The predicted octanol–water partition coefficient (Wildman–Crippen LogP) is 4.40. The smallest absolute Gasteiger partial charge is 0.264 e. The van der Waals surface area contributed by atoms with Crippen molar-refractivity contribution in [2.24, 2.45) is 0 Å². The van der Waals surface area contributed by atoms with Gasteiger partial charge >= 0.3 is 0 Å². The van der Waals surface area contributed by atoms with Gasteiger partial charge in [0.25, 0.3) is 5.91 Å². The van der Waals surface area contributed by atoms with Crippen LogP contribution in [0.25, 0.3) is 11.3 Å². The third-order valence-corrected chi connectivity index (χ3v) is 4.60. The van der Waals surface area contributed by atoms with Crippen molar-refractivity contribution < 1.29 is 14.3 Å². The minimum Gasteiger partial charge on any atom is -0.497 e. The van der Waals surface area contributed by atoms with Gasteiger partial charge in [0, 0.05) is 10.9 Å². The summed E-state index contributed by atoms with van der Waals surface area (Å²) in [6.07, 6.45) is 1.01. The van der Waals surface area contributed by atoms with Crippen LogP contribution >= 0.6 is 11.3 Å². The van der Waals surface area contributed by atoms with E-state index in [9.17, 15) is 4.79 Å². The molecule has 5 nitrogen and oxygen atoms in total. The Hall–Kier alpha value is -2.86. The predicted molar refractivity (Wildman–Crippen MR) is 104 cm³/mol. The summed E-state index contributed by atoms with van der Waals surface area (Å²) in [7, 11) is 1.60. The van der Waals surface area contributed by atoms with Crippen molar-refractivity contribution in [2.45, 2.75) is 13.3 Å². The lowest BCUT2D eigenvalue weighted by atomic mass is 10.1. The van der Waals surface area contributed by atoms with Crippen LogP contribution in [0.15, 0.2) is 53.9 Å². The molecule has 0 unspecified atom stereocenters. The van der Waals surface area contributed by atoms with Crippen LogP contribution in [0.3, 0.4) is 0 Å². The fourth-order valence-corrected chi connectivity index (χ4v) is 3.09. The number of aromatic nitrogens is 1. The molecule has 1 heterocycles. The molecule has 0 aliphatic carbocycles. The van der Waals surface area contributed by atoms with E-state index >= 15 is 0 Å². The van der Waals surface area contributed by atoms with E-state index in [1.165, 1.54) is 16.9 Å². The number of anilines is 1. The van der Waals surface area contributed by atoms with Crippen molar-refractivity contribution in [3.05, 3.63) is 59.5 Å². The number of thiazole rings is 1. The highest BCUT2D eigenvalue weighted by molar-refractivity contribution is 7.14. The molecule has 0 aliphatic heterocycles. The van der Waals surface area contributed by atoms with Crippen LogP contribution in [0, 0.1) is 0 Å². The van der Waals surface area contributed by atoms with Gasteiger partial charge in [-0.05, 0) is 36.2 Å². The summed E-state index contributed by atoms with van der Waals surface area (Å²) in [4.78, 5) is 16.5. The van der Waals surface area contributed by atoms with E-state index in [2.05, 4.69) is 29.4 Å². The number of aryl methyl sites for hydroxylation is 1. The second-order valence-corrected chi connectivity index (χ2v) is 6.46. The number of methoxy groups -OCH3 is 1. The van der Waals surface area contributed by atoms with E-state index in [0.29, 0.717) is 10.9 Å². The SMILES string of the molecule is CCc1ccc(-c2csc(NC(=O)COc3ccc(OC)cc3)n2)cc1. The number of hydrogen-bond acceptors (Lipinski definition) is 5. The van der Waals surface area contributed by atoms with Crippen molar-refractivity contribution >= 4 is 22.4 Å². The van der Waals surface area contributed by atoms with E-state index in [1.807, 2.05) is 17.5 Å². The summed E-state index contributed by atoms with van der Waals surface area (Å²) >= 11 is 1.39. The van der Waals surface area contributed by atoms with Gasteiger partial charge in [0.05, 0.1) is 12.8 Å². The molecule has 0 radical (unpaired) electrons. The maximum atomic E-state index is 12.0. The first kappa shape index (κ1) is 17.9. The van der Waals surface area contributed by atoms with Gasteiger partial charge in [0.1, 0.15) is 11.5 Å². The fraction of sp³-hybridized carbons (Fsp3) is 0.200. The van der Waals surface area contributed by atoms with Gasteiger partial charge in [-0.2, -0.15) is 0 Å². The first-order chi connectivity index (χ1) is 12.7. The molecule has 0 atom stereocenters. The van der Waals surface area contributed by atoms with Crippen molar-refractivity contribution in [3.63, 3.8) is 0 Å². The summed E-state index contributed by atoms with van der Waals surface area (Å²) in [6, 6.07) is 15.4. The molecule has 0 fully saturated rings. The summed E-state index contributed by atoms with van der Waals surface area (Å²) in [5.74, 6) is 1.10. The van der Waals surface area contributed by atoms with E-state index in [0.717, 1.165) is 23.4 Å². The second kappa shape index (κ2) is 8.49. The average molecular weight is 368 g/mol. The number of rotatable bonds is 7. The number of benzene rings is 2. The molecule has 0 bridgehead atoms. The molecule has 0 spiro atoms. The third-order valence-electron chi connectivity index (χ3n) is 3.84. The molecule has 6 heteroatoms. The Morgan fingerprint density at radius 1 is 1.08 bits per heavy atom. The van der Waals surface area contributed by atoms with Crippen LogP contribution in [-0.2, 0) is 11.2 Å². The number of hydrogen-bond donors (Lipinski definition) is 1. The number of ether oxygens (including phenoxy) is 2. The lowest BCUT2D eigenvalue weighted by molar-refractivity contribution is -0.118. The van der Waals surface area contributed by atoms with Crippen molar-refractivity contribution in [1.29, 1.82) is 0 Å². The van der Waals surface area contributed by atoms with Gasteiger partial charge < -0.3 is 9.47 Å². The van der Waals surface area contributed by atoms with Gasteiger partial charge in [-0.25, -0.2) is 4.98 Å². The molecule has 0 aliphatic rings. The van der Waals surface area contributed by atoms with Crippen LogP contribution in [-0.4, -0.2) is 24.6 Å². The molecule has 2 aromatic carbocycles. The Kier molecular flexibility index (Phi) is 5.86. The first-order valence-corrected chi connectivity index (χ1v) is 9.17. The highest BCUT2D eigenvalue weighted by atomic mass is 32.1. The summed E-state index contributed by atoms with van der Waals surface area (Å²) in [5.41, 5.74) is 3.17. The van der Waals surface area contributed by atoms with Crippen LogP contribution in [0.2, 0.25) is 0 Å². The topological polar surface area (TPSA) is 60.5 Å². The normalized spacial score (nSPS) is 10.4. The molecule has 0 saturated carbocycles. The van der Waals surface area contributed by atoms with E-state index < -0.39 is 0 Å². The molecule has 1 N–H and O–H groups in total.